The van der Waals surface area contributed by atoms with Crippen LogP contribution in [0.1, 0.15) is 19.3 Å². The number of amides is 2. The molecule has 2 bridgehead atoms. The molecule has 0 aromatic heterocycles. The monoisotopic (exact) mass is 292 g/mol. The van der Waals surface area contributed by atoms with Gasteiger partial charge in [0.15, 0.2) is 0 Å². The number of carboxylic acids is 1. The Morgan fingerprint density at radius 2 is 1.62 bits per heavy atom. The van der Waals surface area contributed by atoms with Crippen molar-refractivity contribution in [3.8, 4) is 0 Å². The molecular formula is C15H20N2O4. The first kappa shape index (κ1) is 14.1. The minimum absolute atomic E-state index is 0.00962. The van der Waals surface area contributed by atoms with Gasteiger partial charge in [0.25, 0.3) is 0 Å². The first-order valence-corrected chi connectivity index (χ1v) is 7.48. The van der Waals surface area contributed by atoms with Crippen LogP contribution >= 0.6 is 0 Å². The van der Waals surface area contributed by atoms with Crippen LogP contribution in [0.15, 0.2) is 12.2 Å². The van der Waals surface area contributed by atoms with Crippen LogP contribution < -0.4 is 5.73 Å². The zero-order valence-corrected chi connectivity index (χ0v) is 11.8. The van der Waals surface area contributed by atoms with Gasteiger partial charge in [0, 0.05) is 19.0 Å². The number of rotatable bonds is 3. The Hall–Kier alpha value is -1.85. The molecule has 6 heteroatoms. The summed E-state index contributed by atoms with van der Waals surface area (Å²) < 4.78 is 0. The van der Waals surface area contributed by atoms with E-state index in [1.807, 2.05) is 12.2 Å². The standard InChI is InChI=1S/C15H20N2O4/c16-13(18)8-3-5-17(6-4-8)14(19)11-9-1-2-10(7-9)12(11)15(20)21/h1-2,8-12H,3-7H2,(H2,16,18)(H,20,21)/t9-,10+,11+,12+/m1/s1. The summed E-state index contributed by atoms with van der Waals surface area (Å²) in [6.45, 7) is 0.993. The number of carbonyl (C=O) groups is 3. The van der Waals surface area contributed by atoms with Crippen LogP contribution in [0.5, 0.6) is 0 Å². The van der Waals surface area contributed by atoms with E-state index in [4.69, 9.17) is 5.73 Å². The van der Waals surface area contributed by atoms with E-state index in [1.165, 1.54) is 0 Å². The lowest BCUT2D eigenvalue weighted by Gasteiger charge is -2.35. The van der Waals surface area contributed by atoms with Crippen molar-refractivity contribution in [2.45, 2.75) is 19.3 Å². The van der Waals surface area contributed by atoms with Crippen molar-refractivity contribution in [2.75, 3.05) is 13.1 Å². The van der Waals surface area contributed by atoms with Crippen molar-refractivity contribution >= 4 is 17.8 Å². The van der Waals surface area contributed by atoms with E-state index >= 15 is 0 Å². The molecule has 3 rings (SSSR count). The summed E-state index contributed by atoms with van der Waals surface area (Å²) in [7, 11) is 0. The smallest absolute Gasteiger partial charge is 0.307 e. The average Bonchev–Trinajstić information content (AvgIpc) is 3.07. The molecule has 21 heavy (non-hydrogen) atoms. The fraction of sp³-hybridized carbons (Fsp3) is 0.667. The number of primary amides is 1. The molecule has 1 saturated heterocycles. The SMILES string of the molecule is NC(=O)C1CCN(C(=O)[C@@H]2[C@@H](C(=O)O)[C@H]3C=C[C@@H]2C3)CC1. The highest BCUT2D eigenvalue weighted by Crippen LogP contribution is 2.49. The van der Waals surface area contributed by atoms with Crippen LogP contribution in [0, 0.1) is 29.6 Å². The van der Waals surface area contributed by atoms with Crippen molar-refractivity contribution < 1.29 is 19.5 Å². The van der Waals surface area contributed by atoms with Crippen molar-refractivity contribution in [3.63, 3.8) is 0 Å². The molecule has 2 amide bonds. The number of piperidine rings is 1. The molecule has 0 aromatic rings. The first-order chi connectivity index (χ1) is 9.99. The zero-order chi connectivity index (χ0) is 15.1. The van der Waals surface area contributed by atoms with Gasteiger partial charge in [-0.25, -0.2) is 0 Å². The van der Waals surface area contributed by atoms with Gasteiger partial charge in [-0.15, -0.1) is 0 Å². The summed E-state index contributed by atoms with van der Waals surface area (Å²) >= 11 is 0. The number of carbonyl (C=O) groups excluding carboxylic acids is 2. The van der Waals surface area contributed by atoms with E-state index in [2.05, 4.69) is 0 Å². The lowest BCUT2D eigenvalue weighted by molar-refractivity contribution is -0.151. The van der Waals surface area contributed by atoms with E-state index in [-0.39, 0.29) is 29.6 Å². The summed E-state index contributed by atoms with van der Waals surface area (Å²) in [5.41, 5.74) is 5.29. The molecule has 0 unspecified atom stereocenters. The van der Waals surface area contributed by atoms with Crippen molar-refractivity contribution in [1.29, 1.82) is 0 Å². The maximum absolute atomic E-state index is 12.7. The Balaban J connectivity index is 1.70. The van der Waals surface area contributed by atoms with Gasteiger partial charge >= 0.3 is 5.97 Å². The van der Waals surface area contributed by atoms with Gasteiger partial charge in [0.1, 0.15) is 0 Å². The summed E-state index contributed by atoms with van der Waals surface area (Å²) in [6.07, 6.45) is 5.85. The molecule has 4 atom stereocenters. The lowest BCUT2D eigenvalue weighted by atomic mass is 9.81. The van der Waals surface area contributed by atoms with Crippen LogP contribution in [-0.2, 0) is 14.4 Å². The van der Waals surface area contributed by atoms with Crippen LogP contribution in [0.25, 0.3) is 0 Å². The van der Waals surface area contributed by atoms with Crippen molar-refractivity contribution in [2.24, 2.45) is 35.3 Å². The van der Waals surface area contributed by atoms with Gasteiger partial charge in [-0.3, -0.25) is 14.4 Å². The highest BCUT2D eigenvalue weighted by molar-refractivity contribution is 5.87. The number of nitrogens with two attached hydrogens (primary N) is 1. The summed E-state index contributed by atoms with van der Waals surface area (Å²) in [4.78, 5) is 37.0. The summed E-state index contributed by atoms with van der Waals surface area (Å²) in [5, 5.41) is 9.40. The average molecular weight is 292 g/mol. The Labute approximate surface area is 123 Å². The number of allylic oxidation sites excluding steroid dienone is 2. The Kier molecular flexibility index (Phi) is 3.47. The zero-order valence-electron chi connectivity index (χ0n) is 11.8. The molecule has 3 N–H and O–H groups in total. The van der Waals surface area contributed by atoms with Gasteiger partial charge in [-0.2, -0.15) is 0 Å². The van der Waals surface area contributed by atoms with Crippen molar-refractivity contribution in [1.82, 2.24) is 4.90 Å². The topological polar surface area (TPSA) is 101 Å². The quantitative estimate of drug-likeness (QED) is 0.727. The molecule has 6 nitrogen and oxygen atoms in total. The minimum atomic E-state index is -0.878. The highest BCUT2D eigenvalue weighted by Gasteiger charge is 2.52. The summed E-state index contributed by atoms with van der Waals surface area (Å²) in [6, 6.07) is 0. The second kappa shape index (κ2) is 5.16. The van der Waals surface area contributed by atoms with Gasteiger partial charge in [-0.1, -0.05) is 12.2 Å². The van der Waals surface area contributed by atoms with E-state index in [9.17, 15) is 19.5 Å². The third kappa shape index (κ3) is 2.32. The molecule has 0 aromatic carbocycles. The van der Waals surface area contributed by atoms with E-state index in [0.717, 1.165) is 6.42 Å². The second-order valence-corrected chi connectivity index (χ2v) is 6.34. The second-order valence-electron chi connectivity index (χ2n) is 6.34. The van der Waals surface area contributed by atoms with E-state index in [1.54, 1.807) is 4.90 Å². The number of likely N-dealkylation sites (tertiary alicyclic amines) is 1. The third-order valence-corrected chi connectivity index (χ3v) is 5.24. The van der Waals surface area contributed by atoms with Crippen LogP contribution in [0.3, 0.4) is 0 Å². The lowest BCUT2D eigenvalue weighted by Crippen LogP contribution is -2.47. The molecule has 2 aliphatic carbocycles. The largest absolute Gasteiger partial charge is 0.481 e. The van der Waals surface area contributed by atoms with Crippen LogP contribution in [0.2, 0.25) is 0 Å². The number of fused-ring (bicyclic) bond motifs is 2. The fourth-order valence-corrected chi connectivity index (χ4v) is 4.09. The number of hydrogen-bond donors (Lipinski definition) is 2. The molecular weight excluding hydrogens is 272 g/mol. The Morgan fingerprint density at radius 1 is 1.05 bits per heavy atom. The summed E-state index contributed by atoms with van der Waals surface area (Å²) in [5.74, 6) is -2.41. The molecule has 0 radical (unpaired) electrons. The third-order valence-electron chi connectivity index (χ3n) is 5.24. The molecule has 1 aliphatic heterocycles. The molecule has 1 heterocycles. The number of aliphatic carboxylic acids is 1. The Morgan fingerprint density at radius 3 is 2.14 bits per heavy atom. The maximum Gasteiger partial charge on any atom is 0.307 e. The predicted molar refractivity (Wildman–Crippen MR) is 73.9 cm³/mol. The number of hydrogen-bond acceptors (Lipinski definition) is 3. The van der Waals surface area contributed by atoms with Crippen LogP contribution in [0.4, 0.5) is 0 Å². The van der Waals surface area contributed by atoms with E-state index < -0.39 is 17.8 Å². The van der Waals surface area contributed by atoms with Crippen molar-refractivity contribution in [3.05, 3.63) is 12.2 Å². The fourth-order valence-electron chi connectivity index (χ4n) is 4.09. The molecule has 2 fully saturated rings. The number of nitrogens with zero attached hydrogens (tertiary/aromatic N) is 1. The van der Waals surface area contributed by atoms with Gasteiger partial charge in [-0.05, 0) is 31.1 Å². The first-order valence-electron chi connectivity index (χ1n) is 7.48. The molecule has 114 valence electrons. The minimum Gasteiger partial charge on any atom is -0.481 e. The predicted octanol–water partition coefficient (Wildman–Crippen LogP) is 0.233. The normalized spacial score (nSPS) is 35.1. The maximum atomic E-state index is 12.7. The van der Waals surface area contributed by atoms with Crippen LogP contribution in [-0.4, -0.2) is 40.9 Å². The van der Waals surface area contributed by atoms with E-state index in [0.29, 0.717) is 25.9 Å². The van der Waals surface area contributed by atoms with Gasteiger partial charge in [0.05, 0.1) is 11.8 Å². The highest BCUT2D eigenvalue weighted by atomic mass is 16.4. The molecule has 0 spiro atoms. The van der Waals surface area contributed by atoms with Gasteiger partial charge < -0.3 is 15.7 Å². The molecule has 1 saturated carbocycles. The van der Waals surface area contributed by atoms with Gasteiger partial charge in [0.2, 0.25) is 11.8 Å². The Bertz CT molecular complexity index is 508. The number of carboxylic acid groups (broad SMARTS) is 1. The molecule has 3 aliphatic rings.